The summed E-state index contributed by atoms with van der Waals surface area (Å²) in [5, 5.41) is 4.11. The Bertz CT molecular complexity index is 1190. The number of rotatable bonds is 4. The van der Waals surface area contributed by atoms with E-state index in [1.807, 2.05) is 12.1 Å². The average molecular weight is 462 g/mol. The maximum Gasteiger partial charge on any atom is 0.344 e. The van der Waals surface area contributed by atoms with Crippen LogP contribution in [0.5, 0.6) is 5.75 Å². The number of hydrogen-bond acceptors (Lipinski definition) is 4. The average Bonchev–Trinajstić information content (AvgIpc) is 3.10. The Balaban J connectivity index is 1.43. The van der Waals surface area contributed by atoms with Gasteiger partial charge in [0, 0.05) is 5.02 Å². The van der Waals surface area contributed by atoms with Crippen LogP contribution in [-0.4, -0.2) is 29.5 Å². The highest BCUT2D eigenvalue weighted by molar-refractivity contribution is 6.30. The van der Waals surface area contributed by atoms with Crippen molar-refractivity contribution in [2.24, 2.45) is 5.92 Å². The van der Waals surface area contributed by atoms with Crippen LogP contribution >= 0.6 is 11.6 Å². The van der Waals surface area contributed by atoms with E-state index in [9.17, 15) is 14.4 Å². The number of nitrogens with one attached hydrogen (secondary N) is 2. The molecule has 1 saturated heterocycles. The molecule has 0 spiro atoms. The van der Waals surface area contributed by atoms with E-state index in [4.69, 9.17) is 16.3 Å². The molecule has 5 rings (SSSR count). The van der Waals surface area contributed by atoms with Gasteiger partial charge in [0.25, 0.3) is 5.91 Å². The maximum atomic E-state index is 13.7. The minimum atomic E-state index is -1.45. The molecule has 2 heterocycles. The van der Waals surface area contributed by atoms with Gasteiger partial charge in [-0.2, -0.15) is 5.01 Å². The van der Waals surface area contributed by atoms with Crippen LogP contribution in [0.1, 0.15) is 16.7 Å². The van der Waals surface area contributed by atoms with Gasteiger partial charge in [0.15, 0.2) is 5.54 Å². The van der Waals surface area contributed by atoms with E-state index in [0.717, 1.165) is 10.6 Å². The van der Waals surface area contributed by atoms with Gasteiger partial charge in [-0.05, 0) is 41.3 Å². The van der Waals surface area contributed by atoms with E-state index in [2.05, 4.69) is 10.7 Å². The number of nitrogens with zero attached hydrogens (tertiary/aromatic N) is 1. The molecule has 2 N–H and O–H groups in total. The number of halogens is 1. The molecular weight excluding hydrogens is 442 g/mol. The third-order valence-electron chi connectivity index (χ3n) is 5.96. The molecule has 4 amide bonds. The van der Waals surface area contributed by atoms with Gasteiger partial charge in [-0.3, -0.25) is 15.0 Å². The summed E-state index contributed by atoms with van der Waals surface area (Å²) in [6.07, 6.45) is 0.383. The number of urea groups is 1. The lowest BCUT2D eigenvalue weighted by Gasteiger charge is -2.28. The molecule has 3 aromatic carbocycles. The summed E-state index contributed by atoms with van der Waals surface area (Å²) < 4.78 is 5.69. The predicted molar refractivity (Wildman–Crippen MR) is 121 cm³/mol. The fourth-order valence-corrected chi connectivity index (χ4v) is 4.49. The molecule has 0 radical (unpaired) electrons. The highest BCUT2D eigenvalue weighted by Gasteiger charge is 2.54. The van der Waals surface area contributed by atoms with Crippen LogP contribution in [0.4, 0.5) is 4.79 Å². The van der Waals surface area contributed by atoms with Gasteiger partial charge >= 0.3 is 6.03 Å². The number of carbonyl (C=O) groups is 3. The smallest absolute Gasteiger partial charge is 0.344 e. The Morgan fingerprint density at radius 2 is 1.64 bits per heavy atom. The first-order valence-electron chi connectivity index (χ1n) is 10.5. The maximum absolute atomic E-state index is 13.7. The summed E-state index contributed by atoms with van der Waals surface area (Å²) in [7, 11) is 0. The van der Waals surface area contributed by atoms with Gasteiger partial charge < -0.3 is 10.1 Å². The minimum Gasteiger partial charge on any atom is -0.492 e. The molecule has 1 fully saturated rings. The van der Waals surface area contributed by atoms with Crippen molar-refractivity contribution in [1.82, 2.24) is 15.8 Å². The van der Waals surface area contributed by atoms with Crippen LogP contribution in [0.15, 0.2) is 78.9 Å². The van der Waals surface area contributed by atoms with Gasteiger partial charge in [-0.25, -0.2) is 4.79 Å². The summed E-state index contributed by atoms with van der Waals surface area (Å²) in [6.45, 7) is 0.132. The summed E-state index contributed by atoms with van der Waals surface area (Å²) in [5.41, 5.74) is 3.05. The number of carbonyl (C=O) groups excluding carboxylic acids is 3. The number of hydrazine groups is 1. The normalized spacial score (nSPS) is 18.8. The van der Waals surface area contributed by atoms with Crippen LogP contribution in [0, 0.1) is 5.92 Å². The third-order valence-corrected chi connectivity index (χ3v) is 6.19. The minimum absolute atomic E-state index is 0.132. The van der Waals surface area contributed by atoms with Crippen molar-refractivity contribution < 1.29 is 19.1 Å². The van der Waals surface area contributed by atoms with E-state index >= 15 is 0 Å². The Morgan fingerprint density at radius 1 is 1.00 bits per heavy atom. The lowest BCUT2D eigenvalue weighted by Crippen LogP contribution is -2.51. The van der Waals surface area contributed by atoms with Crippen molar-refractivity contribution in [3.8, 4) is 5.75 Å². The molecule has 2 aliphatic rings. The van der Waals surface area contributed by atoms with Crippen molar-refractivity contribution in [3.63, 3.8) is 0 Å². The van der Waals surface area contributed by atoms with Crippen LogP contribution in [0.3, 0.4) is 0 Å². The lowest BCUT2D eigenvalue weighted by molar-refractivity contribution is -0.140. The quantitative estimate of drug-likeness (QED) is 0.583. The summed E-state index contributed by atoms with van der Waals surface area (Å²) in [5.74, 6) is -0.981. The zero-order valence-electron chi connectivity index (χ0n) is 17.5. The predicted octanol–water partition coefficient (Wildman–Crippen LogP) is 3.42. The number of benzene rings is 3. The fraction of sp³-hybridized carbons (Fsp3) is 0.160. The van der Waals surface area contributed by atoms with E-state index in [0.29, 0.717) is 28.3 Å². The first kappa shape index (κ1) is 21.0. The first-order chi connectivity index (χ1) is 16.0. The van der Waals surface area contributed by atoms with Crippen molar-refractivity contribution in [2.75, 3.05) is 6.61 Å². The Kier molecular flexibility index (Phi) is 5.26. The largest absolute Gasteiger partial charge is 0.492 e. The van der Waals surface area contributed by atoms with Crippen LogP contribution in [-0.2, 0) is 21.5 Å². The zero-order valence-corrected chi connectivity index (χ0v) is 18.2. The molecule has 0 saturated carbocycles. The summed E-state index contributed by atoms with van der Waals surface area (Å²) in [6, 6.07) is 22.4. The zero-order chi connectivity index (χ0) is 23.0. The number of amides is 4. The van der Waals surface area contributed by atoms with Gasteiger partial charge in [0.1, 0.15) is 12.4 Å². The molecule has 3 aromatic rings. The summed E-state index contributed by atoms with van der Waals surface area (Å²) >= 11 is 6.07. The second-order valence-corrected chi connectivity index (χ2v) is 8.43. The standard InChI is InChI=1S/C25H20ClN3O4/c26-20-11-12-21-16(14-20)13-17(15-33-21)22(30)28-29-23(31)25(27-24(29)32,18-7-3-1-4-8-18)19-9-5-2-6-10-19/h1-12,14,17H,13,15H2,(H,27,32)(H,28,30)/t17-/m1/s1. The molecule has 0 aliphatic carbocycles. The monoisotopic (exact) mass is 461 g/mol. The van der Waals surface area contributed by atoms with Crippen molar-refractivity contribution in [3.05, 3.63) is 101 Å². The topological polar surface area (TPSA) is 87.7 Å². The first-order valence-corrected chi connectivity index (χ1v) is 10.9. The van der Waals surface area contributed by atoms with Crippen molar-refractivity contribution in [2.45, 2.75) is 12.0 Å². The van der Waals surface area contributed by atoms with Gasteiger partial charge in [0.2, 0.25) is 5.91 Å². The SMILES string of the molecule is O=C(NN1C(=O)NC(c2ccccc2)(c2ccccc2)C1=O)[C@H]1COc2ccc(Cl)cc2C1. The van der Waals surface area contributed by atoms with Crippen LogP contribution in [0.25, 0.3) is 0 Å². The van der Waals surface area contributed by atoms with E-state index in [1.165, 1.54) is 0 Å². The molecule has 0 aromatic heterocycles. The van der Waals surface area contributed by atoms with Gasteiger partial charge in [-0.15, -0.1) is 0 Å². The second-order valence-electron chi connectivity index (χ2n) is 7.99. The van der Waals surface area contributed by atoms with Crippen molar-refractivity contribution >= 4 is 29.4 Å². The molecule has 166 valence electrons. The molecule has 0 bridgehead atoms. The number of hydrogen-bond donors (Lipinski definition) is 2. The van der Waals surface area contributed by atoms with E-state index in [1.54, 1.807) is 66.7 Å². The molecule has 1 atom stereocenters. The molecule has 8 heteroatoms. The molecule has 7 nitrogen and oxygen atoms in total. The lowest BCUT2D eigenvalue weighted by atomic mass is 9.83. The van der Waals surface area contributed by atoms with E-state index in [-0.39, 0.29) is 6.61 Å². The van der Waals surface area contributed by atoms with Crippen LogP contribution in [0.2, 0.25) is 5.02 Å². The highest BCUT2D eigenvalue weighted by atomic mass is 35.5. The number of ether oxygens (including phenoxy) is 1. The molecular formula is C25H20ClN3O4. The number of imide groups is 1. The Morgan fingerprint density at radius 3 is 2.27 bits per heavy atom. The molecule has 33 heavy (non-hydrogen) atoms. The third kappa shape index (κ3) is 3.60. The highest BCUT2D eigenvalue weighted by Crippen LogP contribution is 2.36. The van der Waals surface area contributed by atoms with Gasteiger partial charge in [0.05, 0.1) is 5.92 Å². The molecule has 0 unspecified atom stereocenters. The Hall–Kier alpha value is -3.84. The van der Waals surface area contributed by atoms with E-state index < -0.39 is 29.3 Å². The second kappa shape index (κ2) is 8.26. The molecule has 2 aliphatic heterocycles. The Labute approximate surface area is 195 Å². The van der Waals surface area contributed by atoms with Crippen molar-refractivity contribution in [1.29, 1.82) is 0 Å². The fourth-order valence-electron chi connectivity index (χ4n) is 4.30. The number of fused-ring (bicyclic) bond motifs is 1. The van der Waals surface area contributed by atoms with Crippen LogP contribution < -0.4 is 15.5 Å². The summed E-state index contributed by atoms with van der Waals surface area (Å²) in [4.78, 5) is 39.6. The van der Waals surface area contributed by atoms with Gasteiger partial charge in [-0.1, -0.05) is 72.3 Å².